The van der Waals surface area contributed by atoms with Gasteiger partial charge in [-0.1, -0.05) is 11.6 Å². The molecular weight excluding hydrogens is 282 g/mol. The first-order valence-corrected chi connectivity index (χ1v) is 7.68. The van der Waals surface area contributed by atoms with Crippen molar-refractivity contribution in [2.75, 3.05) is 13.1 Å². The second-order valence-electron chi connectivity index (χ2n) is 4.90. The van der Waals surface area contributed by atoms with Crippen LogP contribution in [0.15, 0.2) is 21.0 Å². The van der Waals surface area contributed by atoms with Gasteiger partial charge in [-0.15, -0.1) is 0 Å². The summed E-state index contributed by atoms with van der Waals surface area (Å²) >= 11 is 0. The zero-order valence-electron chi connectivity index (χ0n) is 11.6. The zero-order chi connectivity index (χ0) is 15.1. The predicted octanol–water partition coefficient (Wildman–Crippen LogP) is 1.94. The maximum atomic E-state index is 12.7. The molecular formula is C13H17NO5S. The second kappa shape index (κ2) is 5.06. The Hall–Kier alpha value is -1.60. The summed E-state index contributed by atoms with van der Waals surface area (Å²) in [4.78, 5) is 11.1. The molecule has 1 aromatic heterocycles. The smallest absolute Gasteiger partial charge is 0.340 e. The maximum Gasteiger partial charge on any atom is 0.340 e. The first-order valence-electron chi connectivity index (χ1n) is 6.24. The molecule has 0 unspecified atom stereocenters. The highest BCUT2D eigenvalue weighted by molar-refractivity contribution is 7.89. The second-order valence-corrected chi connectivity index (χ2v) is 6.78. The zero-order valence-corrected chi connectivity index (χ0v) is 12.5. The summed E-state index contributed by atoms with van der Waals surface area (Å²) in [6.07, 6.45) is 2.61. The van der Waals surface area contributed by atoms with Crippen molar-refractivity contribution in [2.24, 2.45) is 0 Å². The minimum absolute atomic E-state index is 0.109. The molecule has 0 bridgehead atoms. The van der Waals surface area contributed by atoms with Gasteiger partial charge in [0, 0.05) is 13.1 Å². The Morgan fingerprint density at radius 2 is 1.95 bits per heavy atom. The van der Waals surface area contributed by atoms with Crippen LogP contribution in [-0.4, -0.2) is 36.9 Å². The Kier molecular flexibility index (Phi) is 3.75. The average molecular weight is 299 g/mol. The Morgan fingerprint density at radius 1 is 1.30 bits per heavy atom. The first kappa shape index (κ1) is 14.8. The Bertz CT molecular complexity index is 684. The summed E-state index contributed by atoms with van der Waals surface area (Å²) in [6, 6.07) is 0. The summed E-state index contributed by atoms with van der Waals surface area (Å²) in [5.74, 6) is -1.06. The fraction of sp³-hybridized carbons (Fsp3) is 0.462. The lowest BCUT2D eigenvalue weighted by Crippen LogP contribution is -2.36. The molecule has 0 aliphatic carbocycles. The van der Waals surface area contributed by atoms with Gasteiger partial charge in [-0.2, -0.15) is 4.31 Å². The molecule has 0 fully saturated rings. The number of furan rings is 1. The van der Waals surface area contributed by atoms with Gasteiger partial charge < -0.3 is 9.52 Å². The quantitative estimate of drug-likeness (QED) is 0.862. The SMILES string of the molecule is CC1=CCCN(S(=O)(=O)c2c(C)oc(C)c2C(=O)O)C1. The van der Waals surface area contributed by atoms with Crippen LogP contribution in [0.3, 0.4) is 0 Å². The third-order valence-electron chi connectivity index (χ3n) is 3.31. The molecule has 0 amide bonds. The number of carboxylic acids is 1. The van der Waals surface area contributed by atoms with Crippen molar-refractivity contribution in [2.45, 2.75) is 32.1 Å². The van der Waals surface area contributed by atoms with E-state index in [-0.39, 0.29) is 28.5 Å². The van der Waals surface area contributed by atoms with Crippen LogP contribution in [0.2, 0.25) is 0 Å². The molecule has 1 N–H and O–H groups in total. The number of aromatic carboxylic acids is 1. The molecule has 1 aliphatic rings. The number of carbonyl (C=O) groups is 1. The van der Waals surface area contributed by atoms with Crippen LogP contribution in [0.5, 0.6) is 0 Å². The van der Waals surface area contributed by atoms with Crippen LogP contribution in [0.1, 0.15) is 35.2 Å². The van der Waals surface area contributed by atoms with Crippen molar-refractivity contribution in [1.82, 2.24) is 4.31 Å². The van der Waals surface area contributed by atoms with Crippen LogP contribution >= 0.6 is 0 Å². The number of rotatable bonds is 3. The van der Waals surface area contributed by atoms with Gasteiger partial charge in [0.05, 0.1) is 0 Å². The van der Waals surface area contributed by atoms with Gasteiger partial charge in [-0.3, -0.25) is 0 Å². The molecule has 6 nitrogen and oxygen atoms in total. The Balaban J connectivity index is 2.55. The highest BCUT2D eigenvalue weighted by Gasteiger charge is 2.35. The molecule has 1 aromatic rings. The van der Waals surface area contributed by atoms with Crippen LogP contribution in [0.4, 0.5) is 0 Å². The summed E-state index contributed by atoms with van der Waals surface area (Å²) < 4.78 is 31.8. The van der Waals surface area contributed by atoms with Crippen LogP contribution in [0.25, 0.3) is 0 Å². The molecule has 0 atom stereocenters. The van der Waals surface area contributed by atoms with E-state index in [1.165, 1.54) is 18.2 Å². The molecule has 110 valence electrons. The van der Waals surface area contributed by atoms with Crippen molar-refractivity contribution in [3.05, 3.63) is 28.7 Å². The molecule has 0 aromatic carbocycles. The Morgan fingerprint density at radius 3 is 2.50 bits per heavy atom. The Labute approximate surface area is 117 Å². The lowest BCUT2D eigenvalue weighted by atomic mass is 10.2. The number of sulfonamides is 1. The van der Waals surface area contributed by atoms with Gasteiger partial charge in [0.15, 0.2) is 0 Å². The fourth-order valence-electron chi connectivity index (χ4n) is 2.43. The lowest BCUT2D eigenvalue weighted by Gasteiger charge is -2.25. The highest BCUT2D eigenvalue weighted by atomic mass is 32.2. The van der Waals surface area contributed by atoms with E-state index in [4.69, 9.17) is 4.42 Å². The van der Waals surface area contributed by atoms with E-state index in [0.29, 0.717) is 13.0 Å². The predicted molar refractivity (Wildman–Crippen MR) is 72.3 cm³/mol. The van der Waals surface area contributed by atoms with E-state index in [0.717, 1.165) is 5.57 Å². The summed E-state index contributed by atoms with van der Waals surface area (Å²) in [5, 5.41) is 9.22. The summed E-state index contributed by atoms with van der Waals surface area (Å²) in [6.45, 7) is 5.41. The summed E-state index contributed by atoms with van der Waals surface area (Å²) in [7, 11) is -3.86. The number of hydrogen-bond donors (Lipinski definition) is 1. The minimum atomic E-state index is -3.86. The van der Waals surface area contributed by atoms with Crippen molar-refractivity contribution in [1.29, 1.82) is 0 Å². The van der Waals surface area contributed by atoms with Crippen molar-refractivity contribution in [3.63, 3.8) is 0 Å². The average Bonchev–Trinajstić information content (AvgIpc) is 2.64. The van der Waals surface area contributed by atoms with Crippen LogP contribution < -0.4 is 0 Å². The number of carboxylic acid groups (broad SMARTS) is 1. The van der Waals surface area contributed by atoms with E-state index in [9.17, 15) is 18.3 Å². The molecule has 0 saturated heterocycles. The molecule has 2 rings (SSSR count). The largest absolute Gasteiger partial charge is 0.478 e. The van der Waals surface area contributed by atoms with Gasteiger partial charge >= 0.3 is 5.97 Å². The third kappa shape index (κ3) is 2.38. The van der Waals surface area contributed by atoms with Crippen molar-refractivity contribution in [3.8, 4) is 0 Å². The van der Waals surface area contributed by atoms with Crippen LogP contribution in [0, 0.1) is 13.8 Å². The van der Waals surface area contributed by atoms with Gasteiger partial charge in [0.25, 0.3) is 0 Å². The highest BCUT2D eigenvalue weighted by Crippen LogP contribution is 2.30. The molecule has 0 radical (unpaired) electrons. The van der Waals surface area contributed by atoms with Gasteiger partial charge in [0.2, 0.25) is 10.0 Å². The van der Waals surface area contributed by atoms with Crippen molar-refractivity contribution >= 4 is 16.0 Å². The summed E-state index contributed by atoms with van der Waals surface area (Å²) in [5.41, 5.74) is 0.685. The topological polar surface area (TPSA) is 87.8 Å². The van der Waals surface area contributed by atoms with Crippen molar-refractivity contribution < 1.29 is 22.7 Å². The molecule has 1 aliphatic heterocycles. The molecule has 0 saturated carbocycles. The number of nitrogens with zero attached hydrogens (tertiary/aromatic N) is 1. The molecule has 2 heterocycles. The third-order valence-corrected chi connectivity index (χ3v) is 5.31. The number of hydrogen-bond acceptors (Lipinski definition) is 4. The van der Waals surface area contributed by atoms with E-state index in [1.807, 2.05) is 13.0 Å². The normalized spacial score (nSPS) is 17.1. The standard InChI is InChI=1S/C13H17NO5S/c1-8-5-4-6-14(7-8)20(17,18)12-10(3)19-9(2)11(12)13(15)16/h5H,4,6-7H2,1-3H3,(H,15,16). The first-order chi connectivity index (χ1) is 9.25. The van der Waals surface area contributed by atoms with E-state index < -0.39 is 16.0 Å². The van der Waals surface area contributed by atoms with Crippen LogP contribution in [-0.2, 0) is 10.0 Å². The van der Waals surface area contributed by atoms with Gasteiger partial charge in [0.1, 0.15) is 22.0 Å². The monoisotopic (exact) mass is 299 g/mol. The van der Waals surface area contributed by atoms with E-state index in [1.54, 1.807) is 0 Å². The maximum absolute atomic E-state index is 12.7. The molecule has 20 heavy (non-hydrogen) atoms. The molecule has 7 heteroatoms. The minimum Gasteiger partial charge on any atom is -0.478 e. The van der Waals surface area contributed by atoms with E-state index >= 15 is 0 Å². The van der Waals surface area contributed by atoms with Gasteiger partial charge in [-0.25, -0.2) is 13.2 Å². The fourth-order valence-corrected chi connectivity index (χ4v) is 4.30. The van der Waals surface area contributed by atoms with E-state index in [2.05, 4.69) is 0 Å². The lowest BCUT2D eigenvalue weighted by molar-refractivity contribution is 0.0691. The van der Waals surface area contributed by atoms with Gasteiger partial charge in [-0.05, 0) is 27.2 Å². The molecule has 0 spiro atoms. The number of aryl methyl sites for hydroxylation is 2.